The van der Waals surface area contributed by atoms with Gasteiger partial charge in [-0.05, 0) is 18.2 Å². The molecule has 3 aromatic rings. The van der Waals surface area contributed by atoms with Crippen LogP contribution in [0.3, 0.4) is 0 Å². The van der Waals surface area contributed by atoms with Gasteiger partial charge in [0, 0.05) is 5.39 Å². The van der Waals surface area contributed by atoms with Crippen molar-refractivity contribution in [2.24, 2.45) is 5.73 Å². The van der Waals surface area contributed by atoms with Crippen LogP contribution in [-0.4, -0.2) is 41.3 Å². The number of fused-ring (bicyclic) bond motifs is 3. The van der Waals surface area contributed by atoms with Crippen LogP contribution in [0.5, 0.6) is 5.75 Å². The summed E-state index contributed by atoms with van der Waals surface area (Å²) in [5, 5.41) is 18.3. The van der Waals surface area contributed by atoms with Crippen molar-refractivity contribution < 1.29 is 19.4 Å². The molecule has 0 aliphatic heterocycles. The van der Waals surface area contributed by atoms with Crippen LogP contribution < -0.4 is 10.5 Å². The number of rotatable bonds is 6. The van der Waals surface area contributed by atoms with E-state index in [-0.39, 0.29) is 19.8 Å². The summed E-state index contributed by atoms with van der Waals surface area (Å²) >= 11 is 0. The predicted molar refractivity (Wildman–Crippen MR) is 91.4 cm³/mol. The molecule has 0 saturated heterocycles. The Morgan fingerprint density at radius 1 is 1.28 bits per heavy atom. The van der Waals surface area contributed by atoms with Crippen LogP contribution in [0.2, 0.25) is 0 Å². The van der Waals surface area contributed by atoms with E-state index in [1.807, 2.05) is 34.7 Å². The number of carbonyl (C=O) groups is 1. The van der Waals surface area contributed by atoms with Crippen LogP contribution in [0.1, 0.15) is 10.4 Å². The SMILES string of the molecule is N#CCOc1ccc2c(C(=O)OCC(N)CO)c3ccccc3n2c1. The quantitative estimate of drug-likeness (QED) is 0.658. The molecule has 25 heavy (non-hydrogen) atoms. The molecule has 1 atom stereocenters. The number of nitrogens with zero attached hydrogens (tertiary/aromatic N) is 2. The molecule has 0 fully saturated rings. The first kappa shape index (κ1) is 16.8. The van der Waals surface area contributed by atoms with Gasteiger partial charge in [0.2, 0.25) is 0 Å². The van der Waals surface area contributed by atoms with E-state index >= 15 is 0 Å². The number of nitrogens with two attached hydrogens (primary N) is 1. The zero-order valence-corrected chi connectivity index (χ0v) is 13.4. The third-order valence-corrected chi connectivity index (χ3v) is 3.78. The maximum Gasteiger partial charge on any atom is 0.341 e. The number of carbonyl (C=O) groups excluding carboxylic acids is 1. The lowest BCUT2D eigenvalue weighted by Gasteiger charge is -2.09. The van der Waals surface area contributed by atoms with Gasteiger partial charge in [0.1, 0.15) is 18.4 Å². The van der Waals surface area contributed by atoms with Gasteiger partial charge in [-0.15, -0.1) is 0 Å². The monoisotopic (exact) mass is 339 g/mol. The minimum atomic E-state index is -0.616. The van der Waals surface area contributed by atoms with Crippen LogP contribution >= 0.6 is 0 Å². The molecular weight excluding hydrogens is 322 g/mol. The molecule has 3 N–H and O–H groups in total. The molecule has 0 amide bonds. The maximum atomic E-state index is 12.6. The Morgan fingerprint density at radius 3 is 2.84 bits per heavy atom. The molecule has 0 aliphatic rings. The zero-order valence-electron chi connectivity index (χ0n) is 13.4. The molecule has 0 saturated carbocycles. The first-order valence-corrected chi connectivity index (χ1v) is 7.72. The summed E-state index contributed by atoms with van der Waals surface area (Å²) in [7, 11) is 0. The van der Waals surface area contributed by atoms with Crippen molar-refractivity contribution in [3.63, 3.8) is 0 Å². The first-order chi connectivity index (χ1) is 12.2. The average molecular weight is 339 g/mol. The number of nitriles is 1. The van der Waals surface area contributed by atoms with Crippen molar-refractivity contribution in [1.29, 1.82) is 5.26 Å². The van der Waals surface area contributed by atoms with Gasteiger partial charge in [0.05, 0.1) is 35.4 Å². The summed E-state index contributed by atoms with van der Waals surface area (Å²) in [5.74, 6) is 0.0188. The number of benzene rings is 1. The molecule has 0 spiro atoms. The van der Waals surface area contributed by atoms with Gasteiger partial charge in [0.25, 0.3) is 0 Å². The molecule has 7 heteroatoms. The first-order valence-electron chi connectivity index (χ1n) is 7.72. The Balaban J connectivity index is 2.07. The third-order valence-electron chi connectivity index (χ3n) is 3.78. The second kappa shape index (κ2) is 7.21. The third kappa shape index (κ3) is 3.26. The van der Waals surface area contributed by atoms with Gasteiger partial charge in [-0.1, -0.05) is 18.2 Å². The number of aliphatic hydroxyl groups is 1. The van der Waals surface area contributed by atoms with Gasteiger partial charge < -0.3 is 24.7 Å². The van der Waals surface area contributed by atoms with Crippen molar-refractivity contribution in [3.8, 4) is 11.8 Å². The van der Waals surface area contributed by atoms with Crippen LogP contribution in [0.25, 0.3) is 16.4 Å². The Morgan fingerprint density at radius 2 is 2.08 bits per heavy atom. The van der Waals surface area contributed by atoms with Crippen molar-refractivity contribution in [2.75, 3.05) is 19.8 Å². The number of ether oxygens (including phenoxy) is 2. The predicted octanol–water partition coefficient (Wildman–Crippen LogP) is 1.47. The Labute approximate surface area is 143 Å². The van der Waals surface area contributed by atoms with E-state index in [1.165, 1.54) is 0 Å². The molecule has 7 nitrogen and oxygen atoms in total. The smallest absolute Gasteiger partial charge is 0.341 e. The standard InChI is InChI=1S/C18H17N3O4/c19-7-8-24-13-5-6-16-17(18(23)25-11-12(20)10-22)14-3-1-2-4-15(14)21(16)9-13/h1-6,9,12,22H,8,10-11,20H2. The molecular formula is C18H17N3O4. The number of aromatic nitrogens is 1. The minimum Gasteiger partial charge on any atom is -0.477 e. The zero-order chi connectivity index (χ0) is 17.8. The van der Waals surface area contributed by atoms with Gasteiger partial charge >= 0.3 is 5.97 Å². The highest BCUT2D eigenvalue weighted by Crippen LogP contribution is 2.29. The largest absolute Gasteiger partial charge is 0.477 e. The van der Waals surface area contributed by atoms with E-state index in [0.717, 1.165) is 10.9 Å². The Kier molecular flexibility index (Phi) is 4.84. The van der Waals surface area contributed by atoms with Gasteiger partial charge in [-0.3, -0.25) is 0 Å². The lowest BCUT2D eigenvalue weighted by molar-refractivity contribution is 0.0458. The summed E-state index contributed by atoms with van der Waals surface area (Å²) < 4.78 is 12.4. The number of hydrogen-bond donors (Lipinski definition) is 2. The van der Waals surface area contributed by atoms with E-state index in [9.17, 15) is 4.79 Å². The molecule has 128 valence electrons. The fourth-order valence-corrected chi connectivity index (χ4v) is 2.64. The van der Waals surface area contributed by atoms with Crippen molar-refractivity contribution >= 4 is 22.4 Å². The number of esters is 1. The van der Waals surface area contributed by atoms with E-state index in [1.54, 1.807) is 18.3 Å². The molecule has 1 unspecified atom stereocenters. The summed E-state index contributed by atoms with van der Waals surface area (Å²) in [6, 6.07) is 12.2. The second-order valence-electron chi connectivity index (χ2n) is 5.50. The van der Waals surface area contributed by atoms with E-state index in [4.69, 9.17) is 25.6 Å². The number of aliphatic hydroxyl groups excluding tert-OH is 1. The molecule has 0 aliphatic carbocycles. The second-order valence-corrected chi connectivity index (χ2v) is 5.50. The van der Waals surface area contributed by atoms with Crippen LogP contribution in [0, 0.1) is 11.3 Å². The van der Waals surface area contributed by atoms with Gasteiger partial charge in [0.15, 0.2) is 6.61 Å². The summed E-state index contributed by atoms with van der Waals surface area (Å²) in [5.41, 5.74) is 7.49. The summed E-state index contributed by atoms with van der Waals surface area (Å²) in [6.07, 6.45) is 1.73. The van der Waals surface area contributed by atoms with Crippen molar-refractivity contribution in [2.45, 2.75) is 6.04 Å². The number of para-hydroxylation sites is 1. The number of hydrogen-bond acceptors (Lipinski definition) is 6. The highest BCUT2D eigenvalue weighted by molar-refractivity contribution is 6.11. The van der Waals surface area contributed by atoms with Crippen LogP contribution in [0.15, 0.2) is 42.6 Å². The van der Waals surface area contributed by atoms with Gasteiger partial charge in [-0.2, -0.15) is 5.26 Å². The molecule has 0 bridgehead atoms. The molecule has 0 radical (unpaired) electrons. The topological polar surface area (TPSA) is 110 Å². The van der Waals surface area contributed by atoms with Crippen LogP contribution in [0.4, 0.5) is 0 Å². The lowest BCUT2D eigenvalue weighted by Crippen LogP contribution is -2.31. The summed E-state index contributed by atoms with van der Waals surface area (Å²) in [6.45, 7) is -0.382. The highest BCUT2D eigenvalue weighted by Gasteiger charge is 2.20. The fraction of sp³-hybridized carbons (Fsp3) is 0.222. The van der Waals surface area contributed by atoms with Crippen molar-refractivity contribution in [1.82, 2.24) is 4.40 Å². The lowest BCUT2D eigenvalue weighted by atomic mass is 10.1. The summed E-state index contributed by atoms with van der Waals surface area (Å²) in [4.78, 5) is 12.6. The normalized spacial score (nSPS) is 12.0. The van der Waals surface area contributed by atoms with Crippen molar-refractivity contribution in [3.05, 3.63) is 48.2 Å². The van der Waals surface area contributed by atoms with E-state index < -0.39 is 12.0 Å². The Hall–Kier alpha value is -3.08. The molecule has 3 rings (SSSR count). The molecule has 1 aromatic carbocycles. The van der Waals surface area contributed by atoms with E-state index in [2.05, 4.69) is 0 Å². The van der Waals surface area contributed by atoms with Crippen LogP contribution in [-0.2, 0) is 4.74 Å². The van der Waals surface area contributed by atoms with E-state index in [0.29, 0.717) is 16.8 Å². The number of pyridine rings is 1. The van der Waals surface area contributed by atoms with Gasteiger partial charge in [-0.25, -0.2) is 4.79 Å². The highest BCUT2D eigenvalue weighted by atomic mass is 16.5. The Bertz CT molecular complexity index is 958. The fourth-order valence-electron chi connectivity index (χ4n) is 2.64. The maximum absolute atomic E-state index is 12.6. The average Bonchev–Trinajstić information content (AvgIpc) is 2.98. The molecule has 2 heterocycles. The molecule has 2 aromatic heterocycles. The minimum absolute atomic E-state index is 0.0569.